The summed E-state index contributed by atoms with van der Waals surface area (Å²) in [5.41, 5.74) is 2.41. The van der Waals surface area contributed by atoms with Gasteiger partial charge >= 0.3 is 0 Å². The topological polar surface area (TPSA) is 75.4 Å². The summed E-state index contributed by atoms with van der Waals surface area (Å²) >= 11 is 6.18. The molecule has 0 radical (unpaired) electrons. The minimum absolute atomic E-state index is 0.176. The average Bonchev–Trinajstić information content (AvgIpc) is 2.86. The fourth-order valence-corrected chi connectivity index (χ4v) is 2.60. The zero-order valence-electron chi connectivity index (χ0n) is 13.4. The van der Waals surface area contributed by atoms with Gasteiger partial charge in [-0.25, -0.2) is 0 Å². The molecule has 0 aliphatic heterocycles. The van der Waals surface area contributed by atoms with E-state index in [0.29, 0.717) is 22.3 Å². The van der Waals surface area contributed by atoms with E-state index in [1.165, 1.54) is 11.8 Å². The zero-order valence-corrected chi connectivity index (χ0v) is 14.2. The number of aromatic nitrogens is 1. The molecule has 1 aromatic heterocycles. The fourth-order valence-electron chi connectivity index (χ4n) is 2.23. The van der Waals surface area contributed by atoms with Gasteiger partial charge in [0.1, 0.15) is 12.3 Å². The largest absolute Gasteiger partial charge is 0.360 e. The first-order valence-corrected chi connectivity index (χ1v) is 7.43. The Morgan fingerprint density at radius 1 is 1.26 bits per heavy atom. The standard InChI is InChI=1S/C16H18ClN3O3/c1-9-5-10(2)16(13(17)6-9)18-15(22)8-20(12(4)21)14-7-11(3)23-19-14/h5-7H,8H2,1-4H3,(H,18,22). The van der Waals surface area contributed by atoms with Crippen LogP contribution in [0.15, 0.2) is 22.7 Å². The van der Waals surface area contributed by atoms with Gasteiger partial charge in [0.2, 0.25) is 11.8 Å². The molecule has 7 heteroatoms. The van der Waals surface area contributed by atoms with Gasteiger partial charge in [0.25, 0.3) is 0 Å². The van der Waals surface area contributed by atoms with Crippen molar-refractivity contribution in [2.45, 2.75) is 27.7 Å². The summed E-state index contributed by atoms with van der Waals surface area (Å²) in [5.74, 6) is 0.191. The van der Waals surface area contributed by atoms with E-state index in [1.54, 1.807) is 19.1 Å². The number of benzene rings is 1. The van der Waals surface area contributed by atoms with E-state index in [-0.39, 0.29) is 18.4 Å². The van der Waals surface area contributed by atoms with E-state index < -0.39 is 0 Å². The number of carbonyl (C=O) groups is 2. The van der Waals surface area contributed by atoms with Crippen LogP contribution in [0, 0.1) is 20.8 Å². The van der Waals surface area contributed by atoms with Crippen molar-refractivity contribution in [3.05, 3.63) is 40.1 Å². The van der Waals surface area contributed by atoms with Crippen molar-refractivity contribution in [1.29, 1.82) is 0 Å². The second-order valence-corrected chi connectivity index (χ2v) is 5.79. The molecule has 2 aromatic rings. The molecular weight excluding hydrogens is 318 g/mol. The first kappa shape index (κ1) is 17.0. The summed E-state index contributed by atoms with van der Waals surface area (Å²) in [6.07, 6.45) is 0. The molecule has 0 unspecified atom stereocenters. The van der Waals surface area contributed by atoms with E-state index in [2.05, 4.69) is 10.5 Å². The van der Waals surface area contributed by atoms with Crippen molar-refractivity contribution >= 4 is 34.9 Å². The van der Waals surface area contributed by atoms with Gasteiger partial charge in [-0.05, 0) is 38.0 Å². The predicted octanol–water partition coefficient (Wildman–Crippen LogP) is 3.24. The molecule has 1 N–H and O–H groups in total. The summed E-state index contributed by atoms with van der Waals surface area (Å²) in [4.78, 5) is 25.3. The number of nitrogens with one attached hydrogen (secondary N) is 1. The number of anilines is 2. The summed E-state index contributed by atoms with van der Waals surface area (Å²) in [5, 5.41) is 6.97. The van der Waals surface area contributed by atoms with Crippen LogP contribution in [0.25, 0.3) is 0 Å². The van der Waals surface area contributed by atoms with Crippen molar-refractivity contribution in [2.75, 3.05) is 16.8 Å². The molecule has 2 amide bonds. The monoisotopic (exact) mass is 335 g/mol. The number of rotatable bonds is 4. The number of halogens is 1. The molecule has 23 heavy (non-hydrogen) atoms. The molecule has 0 fully saturated rings. The Kier molecular flexibility index (Phi) is 5.05. The molecule has 0 aliphatic rings. The molecule has 0 saturated carbocycles. The Balaban J connectivity index is 2.16. The lowest BCUT2D eigenvalue weighted by molar-refractivity contribution is -0.120. The van der Waals surface area contributed by atoms with Crippen molar-refractivity contribution in [3.8, 4) is 0 Å². The second-order valence-electron chi connectivity index (χ2n) is 5.39. The minimum Gasteiger partial charge on any atom is -0.360 e. The van der Waals surface area contributed by atoms with Gasteiger partial charge in [-0.15, -0.1) is 0 Å². The maximum absolute atomic E-state index is 12.3. The van der Waals surface area contributed by atoms with Gasteiger partial charge in [0, 0.05) is 13.0 Å². The van der Waals surface area contributed by atoms with Crippen LogP contribution in [-0.2, 0) is 9.59 Å². The molecule has 1 heterocycles. The van der Waals surface area contributed by atoms with Gasteiger partial charge in [-0.1, -0.05) is 22.8 Å². The van der Waals surface area contributed by atoms with Crippen molar-refractivity contribution in [3.63, 3.8) is 0 Å². The first-order chi connectivity index (χ1) is 10.8. The van der Waals surface area contributed by atoms with Crippen LogP contribution in [0.5, 0.6) is 0 Å². The van der Waals surface area contributed by atoms with Gasteiger partial charge in [-0.2, -0.15) is 0 Å². The molecule has 2 rings (SSSR count). The highest BCUT2D eigenvalue weighted by Gasteiger charge is 2.20. The van der Waals surface area contributed by atoms with Crippen LogP contribution in [0.3, 0.4) is 0 Å². The highest BCUT2D eigenvalue weighted by atomic mass is 35.5. The smallest absolute Gasteiger partial charge is 0.244 e. The van der Waals surface area contributed by atoms with Crippen LogP contribution in [-0.4, -0.2) is 23.5 Å². The van der Waals surface area contributed by atoms with Crippen LogP contribution in [0.1, 0.15) is 23.8 Å². The Labute approximate surface area is 139 Å². The van der Waals surface area contributed by atoms with Gasteiger partial charge in [0.15, 0.2) is 5.82 Å². The molecule has 0 aliphatic carbocycles. The summed E-state index contributed by atoms with van der Waals surface area (Å²) in [7, 11) is 0. The Hall–Kier alpha value is -2.34. The molecular formula is C16H18ClN3O3. The minimum atomic E-state index is -0.366. The number of nitrogens with zero attached hydrogens (tertiary/aromatic N) is 2. The van der Waals surface area contributed by atoms with Crippen LogP contribution in [0.4, 0.5) is 11.5 Å². The molecule has 122 valence electrons. The molecule has 0 atom stereocenters. The van der Waals surface area contributed by atoms with Crippen LogP contribution in [0.2, 0.25) is 5.02 Å². The van der Waals surface area contributed by atoms with Crippen LogP contribution >= 0.6 is 11.6 Å². The number of amides is 2. The van der Waals surface area contributed by atoms with Crippen LogP contribution < -0.4 is 10.2 Å². The maximum Gasteiger partial charge on any atom is 0.244 e. The molecule has 1 aromatic carbocycles. The summed E-state index contributed by atoms with van der Waals surface area (Å²) in [6, 6.07) is 5.29. The Morgan fingerprint density at radius 2 is 1.96 bits per heavy atom. The van der Waals surface area contributed by atoms with E-state index in [4.69, 9.17) is 16.1 Å². The van der Waals surface area contributed by atoms with E-state index in [9.17, 15) is 9.59 Å². The quantitative estimate of drug-likeness (QED) is 0.930. The molecule has 6 nitrogen and oxygen atoms in total. The van der Waals surface area contributed by atoms with E-state index >= 15 is 0 Å². The lowest BCUT2D eigenvalue weighted by Gasteiger charge is -2.18. The van der Waals surface area contributed by atoms with Crippen molar-refractivity contribution in [2.24, 2.45) is 0 Å². The number of carbonyl (C=O) groups excluding carboxylic acids is 2. The number of aryl methyl sites for hydroxylation is 3. The molecule has 0 bridgehead atoms. The Morgan fingerprint density at radius 3 is 2.48 bits per heavy atom. The molecule has 0 saturated heterocycles. The summed E-state index contributed by atoms with van der Waals surface area (Å²) < 4.78 is 4.95. The first-order valence-electron chi connectivity index (χ1n) is 7.06. The average molecular weight is 336 g/mol. The van der Waals surface area contributed by atoms with E-state index in [0.717, 1.165) is 11.1 Å². The predicted molar refractivity (Wildman–Crippen MR) is 88.8 cm³/mol. The number of hydrogen-bond acceptors (Lipinski definition) is 4. The van der Waals surface area contributed by atoms with E-state index in [1.807, 2.05) is 19.9 Å². The lowest BCUT2D eigenvalue weighted by atomic mass is 10.1. The zero-order chi connectivity index (χ0) is 17.1. The highest BCUT2D eigenvalue weighted by molar-refractivity contribution is 6.34. The lowest BCUT2D eigenvalue weighted by Crippen LogP contribution is -2.37. The third-order valence-electron chi connectivity index (χ3n) is 3.27. The third-order valence-corrected chi connectivity index (χ3v) is 3.57. The Bertz CT molecular complexity index is 732. The SMILES string of the molecule is CC(=O)N(CC(=O)Nc1c(C)cc(C)cc1Cl)c1cc(C)on1. The van der Waals surface area contributed by atoms with Gasteiger partial charge in [0.05, 0.1) is 10.7 Å². The summed E-state index contributed by atoms with van der Waals surface area (Å²) in [6.45, 7) is 6.68. The normalized spacial score (nSPS) is 10.5. The van der Waals surface area contributed by atoms with Crippen molar-refractivity contribution < 1.29 is 14.1 Å². The van der Waals surface area contributed by atoms with Crippen molar-refractivity contribution in [1.82, 2.24) is 5.16 Å². The van der Waals surface area contributed by atoms with Gasteiger partial charge in [-0.3, -0.25) is 14.5 Å². The number of hydrogen-bond donors (Lipinski definition) is 1. The third kappa shape index (κ3) is 4.10. The fraction of sp³-hybridized carbons (Fsp3) is 0.312. The van der Waals surface area contributed by atoms with Gasteiger partial charge < -0.3 is 9.84 Å². The highest BCUT2D eigenvalue weighted by Crippen LogP contribution is 2.27. The second kappa shape index (κ2) is 6.83. The maximum atomic E-state index is 12.3. The molecule has 0 spiro atoms.